The van der Waals surface area contributed by atoms with Crippen LogP contribution in [0.15, 0.2) is 24.3 Å². The molecule has 0 fully saturated rings. The molecule has 0 bridgehead atoms. The number of hydrogen-bond acceptors (Lipinski definition) is 5. The van der Waals surface area contributed by atoms with Gasteiger partial charge in [-0.2, -0.15) is 0 Å². The van der Waals surface area contributed by atoms with Gasteiger partial charge in [-0.05, 0) is 31.4 Å². The van der Waals surface area contributed by atoms with Gasteiger partial charge in [-0.1, -0.05) is 25.0 Å². The molecule has 0 amide bonds. The van der Waals surface area contributed by atoms with Crippen LogP contribution in [0.4, 0.5) is 0 Å². The van der Waals surface area contributed by atoms with Crippen molar-refractivity contribution in [3.05, 3.63) is 29.8 Å². The Hall–Kier alpha value is -2.61. The van der Waals surface area contributed by atoms with E-state index in [2.05, 4.69) is 0 Å². The molecule has 25 heavy (non-hydrogen) atoms. The summed E-state index contributed by atoms with van der Waals surface area (Å²) >= 11 is 0. The number of rotatable bonds is 10. The number of para-hydroxylation sites is 1. The fourth-order valence-corrected chi connectivity index (χ4v) is 1.97. The van der Waals surface area contributed by atoms with Crippen molar-refractivity contribution in [1.29, 1.82) is 0 Å². The first-order chi connectivity index (χ1) is 11.7. The highest BCUT2D eigenvalue weighted by atomic mass is 16.4. The first-order valence-corrected chi connectivity index (χ1v) is 7.94. The Balaban J connectivity index is 0.000000496. The lowest BCUT2D eigenvalue weighted by atomic mass is 10.0. The van der Waals surface area contributed by atoms with E-state index < -0.39 is 17.9 Å². The number of unbranched alkanes of at least 4 members (excludes halogenated alkanes) is 2. The van der Waals surface area contributed by atoms with Crippen molar-refractivity contribution in [3.63, 3.8) is 0 Å². The van der Waals surface area contributed by atoms with E-state index in [1.807, 2.05) is 0 Å². The zero-order chi connectivity index (χ0) is 19.2. The maximum Gasteiger partial charge on any atom is 0.339 e. The zero-order valence-electron chi connectivity index (χ0n) is 13.9. The first-order valence-electron chi connectivity index (χ1n) is 7.94. The van der Waals surface area contributed by atoms with Gasteiger partial charge in [-0.25, -0.2) is 4.79 Å². The Morgan fingerprint density at radius 2 is 1.48 bits per heavy atom. The van der Waals surface area contributed by atoms with E-state index in [1.54, 1.807) is 12.1 Å². The van der Waals surface area contributed by atoms with Crippen LogP contribution in [0.5, 0.6) is 5.75 Å². The lowest BCUT2D eigenvalue weighted by Gasteiger charge is -2.09. The molecule has 0 radical (unpaired) electrons. The van der Waals surface area contributed by atoms with Crippen molar-refractivity contribution in [2.45, 2.75) is 51.0 Å². The van der Waals surface area contributed by atoms with Gasteiger partial charge in [0.1, 0.15) is 11.3 Å². The molecular weight excluding hydrogens is 330 g/mol. The maximum absolute atomic E-state index is 10.3. The summed E-state index contributed by atoms with van der Waals surface area (Å²) in [6.07, 6.45) is 3.95. The molecule has 1 unspecified atom stereocenters. The lowest BCUT2D eigenvalue weighted by molar-refractivity contribution is -0.138. The molecule has 1 atom stereocenters. The third kappa shape index (κ3) is 12.5. The fourth-order valence-electron chi connectivity index (χ4n) is 1.97. The molecule has 140 valence electrons. The predicted octanol–water partition coefficient (Wildman–Crippen LogP) is 2.30. The summed E-state index contributed by atoms with van der Waals surface area (Å²) in [4.78, 5) is 30.7. The summed E-state index contributed by atoms with van der Waals surface area (Å²) in [6, 6.07) is 5.73. The highest BCUT2D eigenvalue weighted by Crippen LogP contribution is 2.14. The standard InChI is InChI=1S/C10H19NO4.C7H6O3/c11-8(6-7-10(14)15)4-2-1-3-5-9(12)13;8-6-4-2-1-3-5(6)7(9)10/h8H,1-7,11H2,(H,12,13)(H,14,15);1-4,8H,(H,9,10). The van der Waals surface area contributed by atoms with Gasteiger partial charge in [0, 0.05) is 18.9 Å². The molecule has 0 aliphatic heterocycles. The van der Waals surface area contributed by atoms with Crippen LogP contribution >= 0.6 is 0 Å². The number of carboxylic acids is 3. The number of aromatic hydroxyl groups is 1. The molecule has 0 heterocycles. The van der Waals surface area contributed by atoms with Crippen molar-refractivity contribution in [1.82, 2.24) is 0 Å². The molecule has 0 saturated heterocycles. The van der Waals surface area contributed by atoms with E-state index in [0.717, 1.165) is 19.3 Å². The van der Waals surface area contributed by atoms with E-state index in [-0.39, 0.29) is 30.2 Å². The fraction of sp³-hybridized carbons (Fsp3) is 0.471. The smallest absolute Gasteiger partial charge is 0.339 e. The molecule has 1 aromatic carbocycles. The zero-order valence-corrected chi connectivity index (χ0v) is 13.9. The first kappa shape index (κ1) is 22.4. The molecule has 1 rings (SSSR count). The monoisotopic (exact) mass is 355 g/mol. The van der Waals surface area contributed by atoms with Crippen LogP contribution in [0.25, 0.3) is 0 Å². The van der Waals surface area contributed by atoms with Crippen molar-refractivity contribution < 1.29 is 34.8 Å². The Labute approximate surface area is 145 Å². The van der Waals surface area contributed by atoms with Crippen molar-refractivity contribution in [2.24, 2.45) is 5.73 Å². The highest BCUT2D eigenvalue weighted by molar-refractivity contribution is 5.90. The second-order valence-electron chi connectivity index (χ2n) is 5.51. The number of aromatic carboxylic acids is 1. The van der Waals surface area contributed by atoms with Crippen molar-refractivity contribution >= 4 is 17.9 Å². The molecule has 0 aliphatic rings. The molecule has 1 aromatic rings. The van der Waals surface area contributed by atoms with Crippen molar-refractivity contribution in [3.8, 4) is 5.75 Å². The largest absolute Gasteiger partial charge is 0.507 e. The SMILES string of the molecule is NC(CCCCCC(=O)O)CCC(=O)O.O=C(O)c1ccccc1O. The molecular formula is C17H25NO7. The average Bonchev–Trinajstić information content (AvgIpc) is 2.53. The Bertz CT molecular complexity index is 560. The normalized spacial score (nSPS) is 11.1. The summed E-state index contributed by atoms with van der Waals surface area (Å²) in [5.74, 6) is -2.91. The Morgan fingerprint density at radius 1 is 0.880 bits per heavy atom. The van der Waals surface area contributed by atoms with Gasteiger partial charge in [-0.3, -0.25) is 9.59 Å². The molecule has 6 N–H and O–H groups in total. The third-order valence-electron chi connectivity index (χ3n) is 3.33. The van der Waals surface area contributed by atoms with Crippen LogP contribution < -0.4 is 5.73 Å². The minimum absolute atomic E-state index is 0.0671. The summed E-state index contributed by atoms with van der Waals surface area (Å²) in [7, 11) is 0. The summed E-state index contributed by atoms with van der Waals surface area (Å²) < 4.78 is 0. The van der Waals surface area contributed by atoms with E-state index in [0.29, 0.717) is 12.8 Å². The van der Waals surface area contributed by atoms with Crippen LogP contribution in [-0.4, -0.2) is 44.4 Å². The van der Waals surface area contributed by atoms with E-state index in [9.17, 15) is 14.4 Å². The van der Waals surface area contributed by atoms with Gasteiger partial charge < -0.3 is 26.2 Å². The second-order valence-corrected chi connectivity index (χ2v) is 5.51. The Morgan fingerprint density at radius 3 is 1.96 bits per heavy atom. The van der Waals surface area contributed by atoms with Crippen LogP contribution in [-0.2, 0) is 9.59 Å². The quantitative estimate of drug-likeness (QED) is 0.400. The number of phenols is 1. The Kier molecular flexibility index (Phi) is 11.4. The number of carbonyl (C=O) groups is 3. The lowest BCUT2D eigenvalue weighted by Crippen LogP contribution is -2.20. The predicted molar refractivity (Wildman–Crippen MR) is 90.6 cm³/mol. The molecule has 8 heteroatoms. The van der Waals surface area contributed by atoms with Crippen LogP contribution in [0.3, 0.4) is 0 Å². The van der Waals surface area contributed by atoms with Gasteiger partial charge >= 0.3 is 17.9 Å². The van der Waals surface area contributed by atoms with E-state index in [4.69, 9.17) is 26.2 Å². The highest BCUT2D eigenvalue weighted by Gasteiger charge is 2.06. The topological polar surface area (TPSA) is 158 Å². The molecule has 8 nitrogen and oxygen atoms in total. The van der Waals surface area contributed by atoms with Crippen LogP contribution in [0.1, 0.15) is 55.3 Å². The average molecular weight is 355 g/mol. The number of nitrogens with two attached hydrogens (primary N) is 1. The number of carboxylic acid groups (broad SMARTS) is 3. The minimum atomic E-state index is -1.11. The minimum Gasteiger partial charge on any atom is -0.507 e. The van der Waals surface area contributed by atoms with Crippen LogP contribution in [0.2, 0.25) is 0 Å². The summed E-state index contributed by atoms with van der Waals surface area (Å²) in [6.45, 7) is 0. The summed E-state index contributed by atoms with van der Waals surface area (Å²) in [5.41, 5.74) is 5.62. The number of benzene rings is 1. The van der Waals surface area contributed by atoms with Gasteiger partial charge in [-0.15, -0.1) is 0 Å². The molecule has 0 spiro atoms. The number of aliphatic carboxylic acids is 2. The molecule has 0 aliphatic carbocycles. The molecule has 0 saturated carbocycles. The van der Waals surface area contributed by atoms with E-state index in [1.165, 1.54) is 12.1 Å². The van der Waals surface area contributed by atoms with Crippen molar-refractivity contribution in [2.75, 3.05) is 0 Å². The van der Waals surface area contributed by atoms with Gasteiger partial charge in [0.25, 0.3) is 0 Å². The molecule has 0 aromatic heterocycles. The van der Waals surface area contributed by atoms with Crippen LogP contribution in [0, 0.1) is 0 Å². The van der Waals surface area contributed by atoms with E-state index >= 15 is 0 Å². The third-order valence-corrected chi connectivity index (χ3v) is 3.33. The van der Waals surface area contributed by atoms with Gasteiger partial charge in [0.15, 0.2) is 0 Å². The number of hydrogen-bond donors (Lipinski definition) is 5. The van der Waals surface area contributed by atoms with Gasteiger partial charge in [0.2, 0.25) is 0 Å². The van der Waals surface area contributed by atoms with Gasteiger partial charge in [0.05, 0.1) is 0 Å². The maximum atomic E-state index is 10.3. The second kappa shape index (κ2) is 12.8. The summed E-state index contributed by atoms with van der Waals surface area (Å²) in [5, 5.41) is 34.1.